The molecule has 2 N–H and O–H groups in total. The number of benzene rings is 2. The number of nitro benzene ring substituents is 1. The third-order valence-corrected chi connectivity index (χ3v) is 4.52. The van der Waals surface area contributed by atoms with Crippen LogP contribution in [0.5, 0.6) is 17.2 Å². The van der Waals surface area contributed by atoms with Crippen molar-refractivity contribution < 1.29 is 31.8 Å². The Morgan fingerprint density at radius 1 is 1.08 bits per heavy atom. The van der Waals surface area contributed by atoms with Crippen LogP contribution < -0.4 is 19.4 Å². The maximum Gasteiger partial charge on any atom is 0.339 e. The molecule has 0 saturated carbocycles. The Morgan fingerprint density at radius 3 is 2.31 bits per heavy atom. The fourth-order valence-corrected chi connectivity index (χ4v) is 3.00. The van der Waals surface area contributed by atoms with Gasteiger partial charge in [-0.2, -0.15) is 8.42 Å². The topological polar surface area (TPSA) is 148 Å². The van der Waals surface area contributed by atoms with Gasteiger partial charge in [0.1, 0.15) is 10.6 Å². The maximum absolute atomic E-state index is 12.5. The van der Waals surface area contributed by atoms with Crippen molar-refractivity contribution >= 4 is 21.7 Å². The van der Waals surface area contributed by atoms with Crippen molar-refractivity contribution in [2.45, 2.75) is 4.90 Å². The lowest BCUT2D eigenvalue weighted by molar-refractivity contribution is -0.386. The first-order valence-corrected chi connectivity index (χ1v) is 8.35. The van der Waals surface area contributed by atoms with Crippen LogP contribution in [0.4, 0.5) is 5.69 Å². The number of rotatable bonds is 7. The van der Waals surface area contributed by atoms with Crippen molar-refractivity contribution in [3.8, 4) is 17.2 Å². The zero-order chi connectivity index (χ0) is 19.5. The highest BCUT2D eigenvalue weighted by Crippen LogP contribution is 2.32. The first-order chi connectivity index (χ1) is 12.2. The molecule has 0 aliphatic carbocycles. The molecule has 1 amide bonds. The first-order valence-electron chi connectivity index (χ1n) is 6.94. The number of primary amides is 1. The Labute approximate surface area is 148 Å². The number of nitrogens with two attached hydrogens (primary N) is 1. The summed E-state index contributed by atoms with van der Waals surface area (Å²) >= 11 is 0. The SMILES string of the molecule is COc1ccc(C(N)=O)c(OS(=O)(=O)c2ccc(OC)c([N+](=O)[O-])c2)c1. The summed E-state index contributed by atoms with van der Waals surface area (Å²) in [4.78, 5) is 21.2. The van der Waals surface area contributed by atoms with Crippen molar-refractivity contribution in [3.63, 3.8) is 0 Å². The van der Waals surface area contributed by atoms with Gasteiger partial charge in [0.2, 0.25) is 0 Å². The van der Waals surface area contributed by atoms with Crippen LogP contribution in [0.1, 0.15) is 10.4 Å². The molecule has 0 aromatic heterocycles. The average Bonchev–Trinajstić information content (AvgIpc) is 2.60. The van der Waals surface area contributed by atoms with Gasteiger partial charge in [0.25, 0.3) is 5.91 Å². The summed E-state index contributed by atoms with van der Waals surface area (Å²) in [5, 5.41) is 11.1. The molecular weight excluding hydrogens is 368 g/mol. The second-order valence-electron chi connectivity index (χ2n) is 4.85. The van der Waals surface area contributed by atoms with Gasteiger partial charge in [-0.25, -0.2) is 0 Å². The summed E-state index contributed by atoms with van der Waals surface area (Å²) in [6, 6.07) is 6.79. The Hall–Kier alpha value is -3.34. The van der Waals surface area contributed by atoms with Crippen LogP contribution in [-0.4, -0.2) is 33.5 Å². The summed E-state index contributed by atoms with van der Waals surface area (Å²) in [6.45, 7) is 0. The molecule has 0 bridgehead atoms. The molecule has 10 nitrogen and oxygen atoms in total. The highest BCUT2D eigenvalue weighted by molar-refractivity contribution is 7.87. The minimum Gasteiger partial charge on any atom is -0.497 e. The van der Waals surface area contributed by atoms with Gasteiger partial charge in [0, 0.05) is 12.1 Å². The lowest BCUT2D eigenvalue weighted by atomic mass is 10.2. The monoisotopic (exact) mass is 382 g/mol. The minimum absolute atomic E-state index is 0.117. The smallest absolute Gasteiger partial charge is 0.339 e. The van der Waals surface area contributed by atoms with Crippen LogP contribution in [0.3, 0.4) is 0 Å². The summed E-state index contributed by atoms with van der Waals surface area (Å²) < 4.78 is 39.7. The van der Waals surface area contributed by atoms with Crippen LogP contribution >= 0.6 is 0 Å². The Kier molecular flexibility index (Phi) is 5.31. The van der Waals surface area contributed by atoms with Gasteiger partial charge >= 0.3 is 15.8 Å². The molecule has 0 atom stereocenters. The Balaban J connectivity index is 2.51. The lowest BCUT2D eigenvalue weighted by Crippen LogP contribution is -2.16. The number of carbonyl (C=O) groups is 1. The average molecular weight is 382 g/mol. The van der Waals surface area contributed by atoms with Crippen LogP contribution in [0.15, 0.2) is 41.3 Å². The van der Waals surface area contributed by atoms with E-state index in [0.29, 0.717) is 0 Å². The van der Waals surface area contributed by atoms with Crippen molar-refractivity contribution in [2.75, 3.05) is 14.2 Å². The minimum atomic E-state index is -4.50. The molecule has 2 rings (SSSR count). The predicted molar refractivity (Wildman–Crippen MR) is 89.0 cm³/mol. The van der Waals surface area contributed by atoms with Crippen LogP contribution in [0, 0.1) is 10.1 Å². The highest BCUT2D eigenvalue weighted by Gasteiger charge is 2.25. The molecule has 0 saturated heterocycles. The molecule has 26 heavy (non-hydrogen) atoms. The quantitative estimate of drug-likeness (QED) is 0.430. The van der Waals surface area contributed by atoms with E-state index in [1.807, 2.05) is 0 Å². The van der Waals surface area contributed by atoms with E-state index in [0.717, 1.165) is 24.3 Å². The summed E-state index contributed by atoms with van der Waals surface area (Å²) in [5.74, 6) is -1.18. The van der Waals surface area contributed by atoms with Crippen LogP contribution in [0.25, 0.3) is 0 Å². The number of ether oxygens (including phenoxy) is 2. The van der Waals surface area contributed by atoms with E-state index in [4.69, 9.17) is 19.4 Å². The fraction of sp³-hybridized carbons (Fsp3) is 0.133. The van der Waals surface area contributed by atoms with Gasteiger partial charge in [-0.15, -0.1) is 0 Å². The van der Waals surface area contributed by atoms with Crippen LogP contribution in [0.2, 0.25) is 0 Å². The molecule has 138 valence electrons. The molecule has 0 heterocycles. The van der Waals surface area contributed by atoms with E-state index >= 15 is 0 Å². The number of hydrogen-bond donors (Lipinski definition) is 1. The zero-order valence-corrected chi connectivity index (χ0v) is 14.5. The largest absolute Gasteiger partial charge is 0.497 e. The van der Waals surface area contributed by atoms with Crippen LogP contribution in [-0.2, 0) is 10.1 Å². The molecule has 0 aliphatic rings. The maximum atomic E-state index is 12.5. The van der Waals surface area contributed by atoms with Crippen molar-refractivity contribution in [2.24, 2.45) is 5.73 Å². The van der Waals surface area contributed by atoms with Crippen molar-refractivity contribution in [1.82, 2.24) is 0 Å². The van der Waals surface area contributed by atoms with Gasteiger partial charge in [0.05, 0.1) is 24.7 Å². The number of amides is 1. The van der Waals surface area contributed by atoms with Crippen molar-refractivity contribution in [1.29, 1.82) is 0 Å². The molecule has 0 aliphatic heterocycles. The number of nitrogens with zero attached hydrogens (tertiary/aromatic N) is 1. The molecule has 0 fully saturated rings. The van der Waals surface area contributed by atoms with Gasteiger partial charge in [-0.3, -0.25) is 14.9 Å². The molecule has 0 radical (unpaired) electrons. The van der Waals surface area contributed by atoms with Gasteiger partial charge in [-0.05, 0) is 24.3 Å². The van der Waals surface area contributed by atoms with Gasteiger partial charge in [-0.1, -0.05) is 0 Å². The van der Waals surface area contributed by atoms with E-state index in [2.05, 4.69) is 0 Å². The van der Waals surface area contributed by atoms with E-state index in [1.54, 1.807) is 0 Å². The molecule has 2 aromatic rings. The highest BCUT2D eigenvalue weighted by atomic mass is 32.2. The van der Waals surface area contributed by atoms with Crippen molar-refractivity contribution in [3.05, 3.63) is 52.1 Å². The third kappa shape index (κ3) is 3.83. The number of nitro groups is 1. The molecular formula is C15H14N2O8S. The summed E-state index contributed by atoms with van der Waals surface area (Å²) in [7, 11) is -1.95. The standard InChI is InChI=1S/C15H14N2O8S/c1-23-9-3-5-11(15(16)18)14(7-9)25-26(21,22)10-4-6-13(24-2)12(8-10)17(19)20/h3-8H,1-2H3,(H2,16,18). The molecule has 2 aromatic carbocycles. The zero-order valence-electron chi connectivity index (χ0n) is 13.7. The van der Waals surface area contributed by atoms with E-state index in [1.165, 1.54) is 26.4 Å². The summed E-state index contributed by atoms with van der Waals surface area (Å²) in [6.07, 6.45) is 0. The lowest BCUT2D eigenvalue weighted by Gasteiger charge is -2.11. The molecule has 0 spiro atoms. The Bertz CT molecular complexity index is 972. The third-order valence-electron chi connectivity index (χ3n) is 3.29. The fourth-order valence-electron chi connectivity index (χ4n) is 2.04. The molecule has 11 heteroatoms. The predicted octanol–water partition coefficient (Wildman–Crippen LogP) is 1.48. The second-order valence-corrected chi connectivity index (χ2v) is 6.40. The number of carbonyl (C=O) groups excluding carboxylic acids is 1. The first kappa shape index (κ1) is 19.0. The summed E-state index contributed by atoms with van der Waals surface area (Å²) in [5.41, 5.74) is 4.45. The second kappa shape index (κ2) is 7.27. The van der Waals surface area contributed by atoms with Gasteiger partial charge in [0.15, 0.2) is 11.5 Å². The van der Waals surface area contributed by atoms with Gasteiger partial charge < -0.3 is 19.4 Å². The normalized spacial score (nSPS) is 10.8. The van der Waals surface area contributed by atoms with E-state index in [-0.39, 0.29) is 22.8 Å². The number of hydrogen-bond acceptors (Lipinski definition) is 8. The molecule has 0 unspecified atom stereocenters. The van der Waals surface area contributed by atoms with E-state index < -0.39 is 31.5 Å². The van der Waals surface area contributed by atoms with E-state index in [9.17, 15) is 23.3 Å². The Morgan fingerprint density at radius 2 is 1.77 bits per heavy atom. The number of methoxy groups -OCH3 is 2.